The predicted molar refractivity (Wildman–Crippen MR) is 113 cm³/mol. The third-order valence-corrected chi connectivity index (χ3v) is 5.73. The summed E-state index contributed by atoms with van der Waals surface area (Å²) < 4.78 is 40.0. The first-order valence-corrected chi connectivity index (χ1v) is 10.1. The van der Waals surface area contributed by atoms with Gasteiger partial charge in [-0.05, 0) is 18.2 Å². The van der Waals surface area contributed by atoms with E-state index in [1.807, 2.05) is 0 Å². The Morgan fingerprint density at radius 1 is 0.879 bits per heavy atom. The minimum Gasteiger partial charge on any atom is -0.326 e. The van der Waals surface area contributed by atoms with E-state index in [-0.39, 0.29) is 30.5 Å². The van der Waals surface area contributed by atoms with Crippen LogP contribution in [-0.2, 0) is 4.79 Å². The summed E-state index contributed by atoms with van der Waals surface area (Å²) in [4.78, 5) is 41.8. The van der Waals surface area contributed by atoms with E-state index in [1.54, 1.807) is 48.5 Å². The average molecular weight is 451 g/mol. The molecular weight excluding hydrogens is 435 g/mol. The van der Waals surface area contributed by atoms with Gasteiger partial charge in [-0.3, -0.25) is 19.3 Å². The van der Waals surface area contributed by atoms with Crippen LogP contribution in [0.25, 0.3) is 0 Å². The molecule has 2 heterocycles. The van der Waals surface area contributed by atoms with Crippen molar-refractivity contribution in [3.63, 3.8) is 0 Å². The zero-order valence-corrected chi connectivity index (χ0v) is 17.0. The molecule has 1 atom stereocenters. The molecule has 0 saturated carbocycles. The Bertz CT molecular complexity index is 1300. The van der Waals surface area contributed by atoms with Crippen molar-refractivity contribution in [3.8, 4) is 0 Å². The lowest BCUT2D eigenvalue weighted by Crippen LogP contribution is -2.49. The van der Waals surface area contributed by atoms with Crippen LogP contribution in [0.3, 0.4) is 0 Å². The minimum atomic E-state index is -1.63. The second kappa shape index (κ2) is 7.77. The summed E-state index contributed by atoms with van der Waals surface area (Å²) >= 11 is 0. The number of halogens is 3. The van der Waals surface area contributed by atoms with Crippen LogP contribution in [0.2, 0.25) is 0 Å². The number of carbonyl (C=O) groups is 3. The van der Waals surface area contributed by atoms with Gasteiger partial charge in [0.25, 0.3) is 11.8 Å². The highest BCUT2D eigenvalue weighted by molar-refractivity contribution is 6.16. The minimum absolute atomic E-state index is 0.0616. The molecule has 166 valence electrons. The lowest BCUT2D eigenvalue weighted by molar-refractivity contribution is -0.116. The van der Waals surface area contributed by atoms with Crippen LogP contribution >= 0.6 is 0 Å². The van der Waals surface area contributed by atoms with Gasteiger partial charge in [-0.15, -0.1) is 0 Å². The van der Waals surface area contributed by atoms with Crippen molar-refractivity contribution in [3.05, 3.63) is 94.8 Å². The molecule has 0 spiro atoms. The molecule has 5 rings (SSSR count). The number of carbonyl (C=O) groups excluding carboxylic acids is 3. The number of benzene rings is 3. The number of rotatable bonds is 4. The largest absolute Gasteiger partial charge is 0.326 e. The highest BCUT2D eigenvalue weighted by Crippen LogP contribution is 2.45. The molecule has 3 amide bonds. The lowest BCUT2D eigenvalue weighted by Gasteiger charge is -2.40. The summed E-state index contributed by atoms with van der Waals surface area (Å²) in [5, 5.41) is 2.31. The number of anilines is 2. The highest BCUT2D eigenvalue weighted by Gasteiger charge is 2.47. The van der Waals surface area contributed by atoms with Gasteiger partial charge in [-0.25, -0.2) is 13.2 Å². The summed E-state index contributed by atoms with van der Waals surface area (Å²) in [6.45, 7) is -0.0616. The summed E-state index contributed by atoms with van der Waals surface area (Å²) in [5.41, 5.74) is 1.70. The van der Waals surface area contributed by atoms with Crippen molar-refractivity contribution in [1.82, 2.24) is 4.90 Å². The first kappa shape index (κ1) is 20.7. The Labute approximate surface area is 186 Å². The predicted octanol–water partition coefficient (Wildman–Crippen LogP) is 4.25. The molecule has 0 saturated heterocycles. The number of hydrogen-bond donors (Lipinski definition) is 1. The van der Waals surface area contributed by atoms with Crippen molar-refractivity contribution in [2.24, 2.45) is 0 Å². The fraction of sp³-hybridized carbons (Fsp3) is 0.125. The first-order chi connectivity index (χ1) is 15.9. The van der Waals surface area contributed by atoms with E-state index in [2.05, 4.69) is 5.32 Å². The summed E-state index contributed by atoms with van der Waals surface area (Å²) in [7, 11) is 0. The van der Waals surface area contributed by atoms with Crippen LogP contribution in [0.5, 0.6) is 0 Å². The molecule has 1 N–H and O–H groups in total. The van der Waals surface area contributed by atoms with Gasteiger partial charge < -0.3 is 10.2 Å². The van der Waals surface area contributed by atoms with E-state index < -0.39 is 29.5 Å². The SMILES string of the molecule is O=C(CCN1C(=O)c2ccccc2N2C(=O)c3ccccc3[C@@H]12)Nc1cc(F)c(F)c(F)c1. The zero-order valence-electron chi connectivity index (χ0n) is 17.0. The number of hydrogen-bond acceptors (Lipinski definition) is 3. The Kier molecular flexibility index (Phi) is 4.88. The Morgan fingerprint density at radius 2 is 1.52 bits per heavy atom. The van der Waals surface area contributed by atoms with E-state index in [4.69, 9.17) is 0 Å². The molecule has 0 aromatic heterocycles. The molecule has 0 bridgehead atoms. The van der Waals surface area contributed by atoms with Crippen molar-refractivity contribution in [1.29, 1.82) is 0 Å². The van der Waals surface area contributed by atoms with E-state index in [0.29, 0.717) is 34.5 Å². The molecule has 0 fully saturated rings. The molecule has 2 aliphatic rings. The smallest absolute Gasteiger partial charge is 0.260 e. The van der Waals surface area contributed by atoms with Gasteiger partial charge in [0, 0.05) is 41.9 Å². The highest BCUT2D eigenvalue weighted by atomic mass is 19.2. The number of para-hydroxylation sites is 1. The second-order valence-electron chi connectivity index (χ2n) is 7.70. The molecule has 3 aromatic rings. The third-order valence-electron chi connectivity index (χ3n) is 5.73. The summed E-state index contributed by atoms with van der Waals surface area (Å²) in [6, 6.07) is 15.0. The Hall–Kier alpha value is -4.14. The van der Waals surface area contributed by atoms with Crippen molar-refractivity contribution in [2.75, 3.05) is 16.8 Å². The fourth-order valence-electron chi connectivity index (χ4n) is 4.27. The van der Waals surface area contributed by atoms with Gasteiger partial charge in [0.1, 0.15) is 6.17 Å². The molecule has 0 unspecified atom stereocenters. The van der Waals surface area contributed by atoms with Crippen LogP contribution in [0, 0.1) is 17.5 Å². The van der Waals surface area contributed by atoms with Crippen LogP contribution < -0.4 is 10.2 Å². The van der Waals surface area contributed by atoms with Crippen molar-refractivity contribution >= 4 is 29.1 Å². The fourth-order valence-corrected chi connectivity index (χ4v) is 4.27. The first-order valence-electron chi connectivity index (χ1n) is 10.1. The number of nitrogens with one attached hydrogen (secondary N) is 1. The van der Waals surface area contributed by atoms with E-state index in [1.165, 1.54) is 9.80 Å². The molecule has 2 aliphatic heterocycles. The molecular formula is C24H16F3N3O3. The van der Waals surface area contributed by atoms with Gasteiger partial charge in [0.05, 0.1) is 11.3 Å². The molecule has 6 nitrogen and oxygen atoms in total. The zero-order chi connectivity index (χ0) is 23.3. The number of nitrogens with zero attached hydrogens (tertiary/aromatic N) is 2. The third kappa shape index (κ3) is 3.32. The van der Waals surface area contributed by atoms with Crippen molar-refractivity contribution in [2.45, 2.75) is 12.6 Å². The van der Waals surface area contributed by atoms with Crippen LogP contribution in [-0.4, -0.2) is 29.2 Å². The summed E-state index contributed by atoms with van der Waals surface area (Å²) in [5.74, 6) is -5.70. The van der Waals surface area contributed by atoms with E-state index in [9.17, 15) is 27.6 Å². The number of amides is 3. The monoisotopic (exact) mass is 451 g/mol. The van der Waals surface area contributed by atoms with Crippen molar-refractivity contribution < 1.29 is 27.6 Å². The van der Waals surface area contributed by atoms with E-state index >= 15 is 0 Å². The van der Waals surface area contributed by atoms with Gasteiger partial charge >= 0.3 is 0 Å². The molecule has 3 aromatic carbocycles. The molecule has 33 heavy (non-hydrogen) atoms. The van der Waals surface area contributed by atoms with Gasteiger partial charge in [-0.2, -0.15) is 0 Å². The van der Waals surface area contributed by atoms with Gasteiger partial charge in [0.2, 0.25) is 5.91 Å². The average Bonchev–Trinajstić information content (AvgIpc) is 3.10. The topological polar surface area (TPSA) is 69.7 Å². The Morgan fingerprint density at radius 3 is 2.24 bits per heavy atom. The maximum absolute atomic E-state index is 13.4. The lowest BCUT2D eigenvalue weighted by atomic mass is 10.0. The maximum Gasteiger partial charge on any atom is 0.260 e. The number of fused-ring (bicyclic) bond motifs is 5. The molecule has 0 aliphatic carbocycles. The normalized spacial score (nSPS) is 16.4. The van der Waals surface area contributed by atoms with Gasteiger partial charge in [-0.1, -0.05) is 30.3 Å². The standard InChI is InChI=1S/C24H16F3N3O3/c25-17-11-13(12-18(26)21(17)27)28-20(31)9-10-29-22-14-5-1-2-6-15(14)24(33)30(22)19-8-4-3-7-16(19)23(29)32/h1-8,11-12,22H,9-10H2,(H,28,31)/t22-/m0/s1. The van der Waals surface area contributed by atoms with Crippen LogP contribution in [0.15, 0.2) is 60.7 Å². The summed E-state index contributed by atoms with van der Waals surface area (Å²) in [6.07, 6.45) is -0.931. The Balaban J connectivity index is 1.42. The van der Waals surface area contributed by atoms with Crippen LogP contribution in [0.1, 0.15) is 38.9 Å². The maximum atomic E-state index is 13.4. The van der Waals surface area contributed by atoms with Gasteiger partial charge in [0.15, 0.2) is 17.5 Å². The molecule has 9 heteroatoms. The van der Waals surface area contributed by atoms with Crippen LogP contribution in [0.4, 0.5) is 24.5 Å². The quantitative estimate of drug-likeness (QED) is 0.603. The van der Waals surface area contributed by atoms with E-state index in [0.717, 1.165) is 0 Å². The molecule has 0 radical (unpaired) electrons. The second-order valence-corrected chi connectivity index (χ2v) is 7.70.